The van der Waals surface area contributed by atoms with Crippen LogP contribution >= 0.6 is 0 Å². The van der Waals surface area contributed by atoms with Gasteiger partial charge in [-0.2, -0.15) is 4.98 Å². The normalized spacial score (nSPS) is 10.6. The second-order valence-corrected chi connectivity index (χ2v) is 5.36. The number of hydrogen-bond acceptors (Lipinski definition) is 4. The SMILES string of the molecule is O=C(Nc1cccc(Oc2ccccc2)n1)c1cncc2[nH]ccc12. The van der Waals surface area contributed by atoms with E-state index in [0.29, 0.717) is 23.0 Å². The minimum Gasteiger partial charge on any atom is -0.439 e. The Morgan fingerprint density at radius 1 is 1.00 bits per heavy atom. The smallest absolute Gasteiger partial charge is 0.259 e. The van der Waals surface area contributed by atoms with E-state index < -0.39 is 0 Å². The van der Waals surface area contributed by atoms with E-state index in [1.807, 2.05) is 36.4 Å². The number of pyridine rings is 2. The molecule has 0 bridgehead atoms. The second-order valence-electron chi connectivity index (χ2n) is 5.36. The summed E-state index contributed by atoms with van der Waals surface area (Å²) >= 11 is 0. The molecule has 6 nitrogen and oxygen atoms in total. The lowest BCUT2D eigenvalue weighted by molar-refractivity contribution is 0.102. The lowest BCUT2D eigenvalue weighted by atomic mass is 10.2. The first-order valence-electron chi connectivity index (χ1n) is 7.72. The van der Waals surface area contributed by atoms with Gasteiger partial charge in [-0.05, 0) is 24.3 Å². The fourth-order valence-electron chi connectivity index (χ4n) is 2.50. The van der Waals surface area contributed by atoms with E-state index >= 15 is 0 Å². The number of rotatable bonds is 4. The van der Waals surface area contributed by atoms with Crippen molar-refractivity contribution >= 4 is 22.6 Å². The van der Waals surface area contributed by atoms with Gasteiger partial charge >= 0.3 is 0 Å². The van der Waals surface area contributed by atoms with Crippen LogP contribution in [0.15, 0.2) is 73.2 Å². The zero-order valence-electron chi connectivity index (χ0n) is 13.1. The van der Waals surface area contributed by atoms with Gasteiger partial charge in [-0.25, -0.2) is 0 Å². The molecular formula is C19H14N4O2. The van der Waals surface area contributed by atoms with Gasteiger partial charge in [0.2, 0.25) is 5.88 Å². The largest absolute Gasteiger partial charge is 0.439 e. The van der Waals surface area contributed by atoms with Crippen LogP contribution in [-0.2, 0) is 0 Å². The molecule has 0 aliphatic carbocycles. The maximum Gasteiger partial charge on any atom is 0.259 e. The van der Waals surface area contributed by atoms with Crippen LogP contribution in [0.3, 0.4) is 0 Å². The van der Waals surface area contributed by atoms with Gasteiger partial charge in [-0.1, -0.05) is 24.3 Å². The van der Waals surface area contributed by atoms with Crippen molar-refractivity contribution in [2.75, 3.05) is 5.32 Å². The molecule has 3 heterocycles. The van der Waals surface area contributed by atoms with E-state index in [1.54, 1.807) is 30.6 Å². The summed E-state index contributed by atoms with van der Waals surface area (Å²) in [5, 5.41) is 3.59. The quantitative estimate of drug-likeness (QED) is 0.592. The highest BCUT2D eigenvalue weighted by atomic mass is 16.5. The maximum atomic E-state index is 12.5. The van der Waals surface area contributed by atoms with Crippen molar-refractivity contribution in [3.63, 3.8) is 0 Å². The number of H-pyrrole nitrogens is 1. The predicted octanol–water partition coefficient (Wildman–Crippen LogP) is 4.00. The van der Waals surface area contributed by atoms with Gasteiger partial charge in [-0.3, -0.25) is 9.78 Å². The van der Waals surface area contributed by atoms with Crippen molar-refractivity contribution in [2.24, 2.45) is 0 Å². The lowest BCUT2D eigenvalue weighted by Crippen LogP contribution is -2.13. The number of fused-ring (bicyclic) bond motifs is 1. The summed E-state index contributed by atoms with van der Waals surface area (Å²) in [7, 11) is 0. The first-order chi connectivity index (χ1) is 12.3. The molecule has 0 fully saturated rings. The van der Waals surface area contributed by atoms with Crippen molar-refractivity contribution < 1.29 is 9.53 Å². The Morgan fingerprint density at radius 3 is 2.76 bits per heavy atom. The van der Waals surface area contributed by atoms with Gasteiger partial charge in [0.05, 0.1) is 17.3 Å². The number of para-hydroxylation sites is 1. The Bertz CT molecular complexity index is 1030. The van der Waals surface area contributed by atoms with Crippen molar-refractivity contribution in [2.45, 2.75) is 0 Å². The zero-order valence-corrected chi connectivity index (χ0v) is 13.1. The van der Waals surface area contributed by atoms with Gasteiger partial charge in [0.15, 0.2) is 0 Å². The molecule has 0 saturated heterocycles. The maximum absolute atomic E-state index is 12.5. The van der Waals surface area contributed by atoms with Crippen molar-refractivity contribution in [1.82, 2.24) is 15.0 Å². The highest BCUT2D eigenvalue weighted by molar-refractivity contribution is 6.11. The van der Waals surface area contributed by atoms with Gasteiger partial charge in [0.25, 0.3) is 5.91 Å². The summed E-state index contributed by atoms with van der Waals surface area (Å²) in [5.74, 6) is 1.22. The van der Waals surface area contributed by atoms with Crippen LogP contribution in [0.1, 0.15) is 10.4 Å². The number of benzene rings is 1. The van der Waals surface area contributed by atoms with Crippen LogP contribution in [0.25, 0.3) is 10.9 Å². The summed E-state index contributed by atoms with van der Waals surface area (Å²) in [4.78, 5) is 24.0. The fraction of sp³-hybridized carbons (Fsp3) is 0. The molecule has 0 aliphatic rings. The minimum absolute atomic E-state index is 0.276. The molecule has 0 aliphatic heterocycles. The van der Waals surface area contributed by atoms with Crippen LogP contribution in [0.2, 0.25) is 0 Å². The molecule has 4 rings (SSSR count). The minimum atomic E-state index is -0.276. The zero-order chi connectivity index (χ0) is 17.1. The number of carbonyl (C=O) groups excluding carboxylic acids is 1. The molecule has 4 aromatic rings. The molecule has 6 heteroatoms. The molecule has 0 radical (unpaired) electrons. The number of hydrogen-bond donors (Lipinski definition) is 2. The van der Waals surface area contributed by atoms with Crippen molar-refractivity contribution in [3.8, 4) is 11.6 Å². The topological polar surface area (TPSA) is 79.9 Å². The van der Waals surface area contributed by atoms with E-state index in [2.05, 4.69) is 20.3 Å². The summed E-state index contributed by atoms with van der Waals surface area (Å²) < 4.78 is 5.68. The molecule has 0 saturated carbocycles. The standard InChI is InChI=1S/C19H14N4O2/c24-19(15-11-20-12-16-14(15)9-10-21-16)23-17-7-4-8-18(22-17)25-13-5-2-1-3-6-13/h1-12,21H,(H,22,23,24). The number of carbonyl (C=O) groups is 1. The van der Waals surface area contributed by atoms with Gasteiger partial charge in [0, 0.05) is 23.8 Å². The molecule has 3 aromatic heterocycles. The molecule has 0 atom stereocenters. The second kappa shape index (κ2) is 6.45. The number of aromatic amines is 1. The van der Waals surface area contributed by atoms with Gasteiger partial charge < -0.3 is 15.0 Å². The third-order valence-electron chi connectivity index (χ3n) is 3.65. The predicted molar refractivity (Wildman–Crippen MR) is 94.8 cm³/mol. The van der Waals surface area contributed by atoms with Crippen LogP contribution in [0, 0.1) is 0 Å². The number of nitrogens with zero attached hydrogens (tertiary/aromatic N) is 2. The van der Waals surface area contributed by atoms with Gasteiger partial charge in [0.1, 0.15) is 11.6 Å². The van der Waals surface area contributed by atoms with E-state index in [4.69, 9.17) is 4.74 Å². The Hall–Kier alpha value is -3.67. The third kappa shape index (κ3) is 3.18. The molecule has 0 spiro atoms. The van der Waals surface area contributed by atoms with Crippen LogP contribution < -0.4 is 10.1 Å². The summed E-state index contributed by atoms with van der Waals surface area (Å²) in [6.07, 6.45) is 4.99. The molecule has 2 N–H and O–H groups in total. The number of ether oxygens (including phenoxy) is 1. The van der Waals surface area contributed by atoms with E-state index in [-0.39, 0.29) is 5.91 Å². The van der Waals surface area contributed by atoms with Crippen LogP contribution in [-0.4, -0.2) is 20.9 Å². The Morgan fingerprint density at radius 2 is 1.88 bits per heavy atom. The molecule has 1 amide bonds. The Labute approximate surface area is 143 Å². The summed E-state index contributed by atoms with van der Waals surface area (Å²) in [5.41, 5.74) is 1.29. The number of nitrogens with one attached hydrogen (secondary N) is 2. The van der Waals surface area contributed by atoms with Crippen LogP contribution in [0.4, 0.5) is 5.82 Å². The molecule has 1 aromatic carbocycles. The number of anilines is 1. The molecule has 0 unspecified atom stereocenters. The average Bonchev–Trinajstić information content (AvgIpc) is 3.11. The van der Waals surface area contributed by atoms with E-state index in [0.717, 1.165) is 10.9 Å². The van der Waals surface area contributed by atoms with Crippen molar-refractivity contribution in [1.29, 1.82) is 0 Å². The lowest BCUT2D eigenvalue weighted by Gasteiger charge is -2.08. The average molecular weight is 330 g/mol. The molecule has 122 valence electrons. The Balaban J connectivity index is 1.55. The van der Waals surface area contributed by atoms with Crippen molar-refractivity contribution in [3.05, 3.63) is 78.8 Å². The first-order valence-corrected chi connectivity index (χ1v) is 7.72. The van der Waals surface area contributed by atoms with E-state index in [1.165, 1.54) is 6.20 Å². The van der Waals surface area contributed by atoms with Crippen LogP contribution in [0.5, 0.6) is 11.6 Å². The summed E-state index contributed by atoms with van der Waals surface area (Å²) in [6, 6.07) is 16.4. The monoisotopic (exact) mass is 330 g/mol. The van der Waals surface area contributed by atoms with Gasteiger partial charge in [-0.15, -0.1) is 0 Å². The number of amides is 1. The van der Waals surface area contributed by atoms with E-state index in [9.17, 15) is 4.79 Å². The summed E-state index contributed by atoms with van der Waals surface area (Å²) in [6.45, 7) is 0. The highest BCUT2D eigenvalue weighted by Crippen LogP contribution is 2.21. The third-order valence-corrected chi connectivity index (χ3v) is 3.65. The Kier molecular flexibility index (Phi) is 3.84. The number of aromatic nitrogens is 3. The first kappa shape index (κ1) is 14.9. The molecular weight excluding hydrogens is 316 g/mol. The highest BCUT2D eigenvalue weighted by Gasteiger charge is 2.12. The molecule has 25 heavy (non-hydrogen) atoms. The fourth-order valence-corrected chi connectivity index (χ4v) is 2.50.